The summed E-state index contributed by atoms with van der Waals surface area (Å²) in [5, 5.41) is 2.66. The van der Waals surface area contributed by atoms with Crippen LogP contribution in [0.15, 0.2) is 54.6 Å². The number of hydrogen-bond acceptors (Lipinski definition) is 3. The first kappa shape index (κ1) is 15.6. The highest BCUT2D eigenvalue weighted by molar-refractivity contribution is 5.88. The van der Waals surface area contributed by atoms with E-state index in [9.17, 15) is 9.59 Å². The molecular formula is C17H18N2O3. The number of nitrogens with two attached hydrogens (primary N) is 1. The van der Waals surface area contributed by atoms with Crippen LogP contribution in [-0.2, 0) is 16.0 Å². The van der Waals surface area contributed by atoms with E-state index in [-0.39, 0.29) is 12.3 Å². The average molecular weight is 298 g/mol. The lowest BCUT2D eigenvalue weighted by molar-refractivity contribution is -0.127. The Bertz CT molecular complexity index is 656. The quantitative estimate of drug-likeness (QED) is 0.849. The summed E-state index contributed by atoms with van der Waals surface area (Å²) in [4.78, 5) is 23.7. The van der Waals surface area contributed by atoms with Gasteiger partial charge in [0.15, 0.2) is 0 Å². The maximum Gasteiger partial charge on any atom is 0.244 e. The Balaban J connectivity index is 2.07. The van der Waals surface area contributed by atoms with Gasteiger partial charge in [-0.05, 0) is 23.3 Å². The summed E-state index contributed by atoms with van der Waals surface area (Å²) in [6.45, 7) is 0. The van der Waals surface area contributed by atoms with Gasteiger partial charge in [0.25, 0.3) is 0 Å². The van der Waals surface area contributed by atoms with Crippen LogP contribution in [0.5, 0.6) is 5.75 Å². The van der Waals surface area contributed by atoms with Crippen molar-refractivity contribution in [3.63, 3.8) is 0 Å². The SMILES string of the molecule is COc1cccc(CC(=O)NC(C(N)=O)c2ccccc2)c1. The number of amides is 2. The third-order valence-corrected chi connectivity index (χ3v) is 3.22. The maximum absolute atomic E-state index is 12.1. The average Bonchev–Trinajstić information content (AvgIpc) is 2.53. The molecule has 22 heavy (non-hydrogen) atoms. The van der Waals surface area contributed by atoms with Crippen LogP contribution in [0.1, 0.15) is 17.2 Å². The van der Waals surface area contributed by atoms with Crippen molar-refractivity contribution in [3.05, 3.63) is 65.7 Å². The number of primary amides is 1. The number of methoxy groups -OCH3 is 1. The van der Waals surface area contributed by atoms with Gasteiger partial charge in [0.1, 0.15) is 11.8 Å². The van der Waals surface area contributed by atoms with Gasteiger partial charge in [-0.2, -0.15) is 0 Å². The number of rotatable bonds is 6. The molecule has 114 valence electrons. The number of nitrogens with one attached hydrogen (secondary N) is 1. The minimum Gasteiger partial charge on any atom is -0.497 e. The first-order valence-corrected chi connectivity index (χ1v) is 6.86. The lowest BCUT2D eigenvalue weighted by atomic mass is 10.1. The zero-order valence-corrected chi connectivity index (χ0v) is 12.3. The summed E-state index contributed by atoms with van der Waals surface area (Å²) < 4.78 is 5.12. The summed E-state index contributed by atoms with van der Waals surface area (Å²) >= 11 is 0. The highest BCUT2D eigenvalue weighted by atomic mass is 16.5. The molecule has 0 aliphatic carbocycles. The highest BCUT2D eigenvalue weighted by Gasteiger charge is 2.19. The molecule has 0 aromatic heterocycles. The van der Waals surface area contributed by atoms with E-state index in [1.807, 2.05) is 18.2 Å². The summed E-state index contributed by atoms with van der Waals surface area (Å²) in [7, 11) is 1.57. The molecule has 0 saturated heterocycles. The van der Waals surface area contributed by atoms with Crippen molar-refractivity contribution in [1.29, 1.82) is 0 Å². The molecule has 2 aromatic rings. The van der Waals surface area contributed by atoms with E-state index in [1.165, 1.54) is 0 Å². The lowest BCUT2D eigenvalue weighted by Gasteiger charge is -2.16. The third-order valence-electron chi connectivity index (χ3n) is 3.22. The van der Waals surface area contributed by atoms with E-state index < -0.39 is 11.9 Å². The van der Waals surface area contributed by atoms with E-state index in [2.05, 4.69) is 5.32 Å². The summed E-state index contributed by atoms with van der Waals surface area (Å²) in [5.74, 6) is -0.189. The van der Waals surface area contributed by atoms with E-state index in [0.29, 0.717) is 11.3 Å². The molecule has 0 aliphatic rings. The molecular weight excluding hydrogens is 280 g/mol. The Morgan fingerprint density at radius 2 is 1.86 bits per heavy atom. The van der Waals surface area contributed by atoms with Crippen molar-refractivity contribution >= 4 is 11.8 Å². The molecule has 1 unspecified atom stereocenters. The predicted octanol–water partition coefficient (Wildman–Crippen LogP) is 1.58. The van der Waals surface area contributed by atoms with E-state index in [4.69, 9.17) is 10.5 Å². The Labute approximate surface area is 129 Å². The topological polar surface area (TPSA) is 81.4 Å². The molecule has 0 bridgehead atoms. The first-order chi connectivity index (χ1) is 10.6. The molecule has 0 radical (unpaired) electrons. The zero-order chi connectivity index (χ0) is 15.9. The number of carbonyl (C=O) groups excluding carboxylic acids is 2. The van der Waals surface area contributed by atoms with Crippen molar-refractivity contribution in [1.82, 2.24) is 5.32 Å². The molecule has 2 amide bonds. The minimum absolute atomic E-state index is 0.147. The normalized spacial score (nSPS) is 11.5. The Hall–Kier alpha value is -2.82. The van der Waals surface area contributed by atoms with Crippen molar-refractivity contribution in [2.45, 2.75) is 12.5 Å². The van der Waals surface area contributed by atoms with Crippen LogP contribution in [0, 0.1) is 0 Å². The van der Waals surface area contributed by atoms with Crippen LogP contribution in [0.2, 0.25) is 0 Å². The number of ether oxygens (including phenoxy) is 1. The summed E-state index contributed by atoms with van der Waals surface area (Å²) in [5.41, 5.74) is 6.84. The van der Waals surface area contributed by atoms with Gasteiger partial charge in [-0.15, -0.1) is 0 Å². The van der Waals surface area contributed by atoms with Crippen LogP contribution < -0.4 is 15.8 Å². The predicted molar refractivity (Wildman–Crippen MR) is 83.2 cm³/mol. The standard InChI is InChI=1S/C17H18N2O3/c1-22-14-9-5-6-12(10-14)11-15(20)19-16(17(18)21)13-7-3-2-4-8-13/h2-10,16H,11H2,1H3,(H2,18,21)(H,19,20). The van der Waals surface area contributed by atoms with Crippen molar-refractivity contribution in [2.24, 2.45) is 5.73 Å². The molecule has 0 heterocycles. The molecule has 0 fully saturated rings. The van der Waals surface area contributed by atoms with E-state index >= 15 is 0 Å². The highest BCUT2D eigenvalue weighted by Crippen LogP contribution is 2.15. The Morgan fingerprint density at radius 3 is 2.50 bits per heavy atom. The molecule has 0 spiro atoms. The van der Waals surface area contributed by atoms with Gasteiger partial charge < -0.3 is 15.8 Å². The van der Waals surface area contributed by atoms with Crippen LogP contribution in [0.25, 0.3) is 0 Å². The monoisotopic (exact) mass is 298 g/mol. The molecule has 2 rings (SSSR count). The first-order valence-electron chi connectivity index (χ1n) is 6.86. The van der Waals surface area contributed by atoms with Gasteiger partial charge in [0.05, 0.1) is 13.5 Å². The minimum atomic E-state index is -0.834. The number of carbonyl (C=O) groups is 2. The van der Waals surface area contributed by atoms with Gasteiger partial charge in [-0.1, -0.05) is 42.5 Å². The molecule has 2 aromatic carbocycles. The number of hydrogen-bond donors (Lipinski definition) is 2. The van der Waals surface area contributed by atoms with Gasteiger partial charge >= 0.3 is 0 Å². The summed E-state index contributed by atoms with van der Waals surface area (Å²) in [6.07, 6.45) is 0.147. The van der Waals surface area contributed by atoms with Gasteiger partial charge in [-0.25, -0.2) is 0 Å². The molecule has 0 aliphatic heterocycles. The second-order valence-corrected chi connectivity index (χ2v) is 4.84. The Morgan fingerprint density at radius 1 is 1.14 bits per heavy atom. The van der Waals surface area contributed by atoms with Crippen LogP contribution in [-0.4, -0.2) is 18.9 Å². The third kappa shape index (κ3) is 4.09. The van der Waals surface area contributed by atoms with Gasteiger partial charge in [0, 0.05) is 0 Å². The largest absolute Gasteiger partial charge is 0.497 e. The van der Waals surface area contributed by atoms with Gasteiger partial charge in [0.2, 0.25) is 11.8 Å². The second-order valence-electron chi connectivity index (χ2n) is 4.84. The van der Waals surface area contributed by atoms with Crippen molar-refractivity contribution in [2.75, 3.05) is 7.11 Å². The maximum atomic E-state index is 12.1. The van der Waals surface area contributed by atoms with E-state index in [0.717, 1.165) is 5.56 Å². The van der Waals surface area contributed by atoms with Crippen LogP contribution in [0.4, 0.5) is 0 Å². The van der Waals surface area contributed by atoms with E-state index in [1.54, 1.807) is 43.5 Å². The van der Waals surface area contributed by atoms with Crippen molar-refractivity contribution in [3.8, 4) is 5.75 Å². The fourth-order valence-corrected chi connectivity index (χ4v) is 2.14. The number of benzene rings is 2. The molecule has 0 saturated carbocycles. The Kier molecular flexibility index (Phi) is 5.14. The van der Waals surface area contributed by atoms with Crippen LogP contribution in [0.3, 0.4) is 0 Å². The fourth-order valence-electron chi connectivity index (χ4n) is 2.14. The van der Waals surface area contributed by atoms with Gasteiger partial charge in [-0.3, -0.25) is 9.59 Å². The second kappa shape index (κ2) is 7.26. The lowest BCUT2D eigenvalue weighted by Crippen LogP contribution is -2.38. The smallest absolute Gasteiger partial charge is 0.244 e. The molecule has 5 heteroatoms. The van der Waals surface area contributed by atoms with Crippen LogP contribution >= 0.6 is 0 Å². The van der Waals surface area contributed by atoms with Crippen molar-refractivity contribution < 1.29 is 14.3 Å². The fraction of sp³-hybridized carbons (Fsp3) is 0.176. The molecule has 1 atom stereocenters. The zero-order valence-electron chi connectivity index (χ0n) is 12.3. The summed E-state index contributed by atoms with van der Waals surface area (Å²) in [6, 6.07) is 15.3. The molecule has 3 N–H and O–H groups in total. The molecule has 5 nitrogen and oxygen atoms in total.